The molecule has 9 nitrogen and oxygen atoms in total. The molecule has 244 valence electrons. The zero-order valence-corrected chi connectivity index (χ0v) is 27.3. The predicted molar refractivity (Wildman–Crippen MR) is 166 cm³/mol. The summed E-state index contributed by atoms with van der Waals surface area (Å²) >= 11 is 0. The second-order valence-electron chi connectivity index (χ2n) is 13.6. The molecule has 0 amide bonds. The maximum Gasteiger partial charge on any atom is 0.335 e. The van der Waals surface area contributed by atoms with E-state index in [9.17, 15) is 15.0 Å². The second-order valence-corrected chi connectivity index (χ2v) is 13.6. The van der Waals surface area contributed by atoms with Gasteiger partial charge in [0.05, 0.1) is 43.8 Å². The third kappa shape index (κ3) is 5.58. The van der Waals surface area contributed by atoms with E-state index in [4.69, 9.17) is 24.8 Å². The summed E-state index contributed by atoms with van der Waals surface area (Å²) in [6.45, 7) is 11.0. The Hall–Kier alpha value is -1.59. The first-order valence-corrected chi connectivity index (χ1v) is 16.4. The molecule has 2 heterocycles. The quantitative estimate of drug-likeness (QED) is 0.292. The molecule has 11 atom stereocenters. The molecule has 4 unspecified atom stereocenters. The van der Waals surface area contributed by atoms with Crippen molar-refractivity contribution in [2.45, 2.75) is 122 Å². The van der Waals surface area contributed by atoms with Crippen molar-refractivity contribution in [3.8, 4) is 0 Å². The average Bonchev–Trinajstić information content (AvgIpc) is 3.30. The number of allylic oxidation sites excluding steroid dienone is 1. The van der Waals surface area contributed by atoms with E-state index < -0.39 is 11.7 Å². The van der Waals surface area contributed by atoms with Crippen molar-refractivity contribution >= 4 is 0 Å². The Morgan fingerprint density at radius 2 is 1.77 bits per heavy atom. The van der Waals surface area contributed by atoms with Crippen molar-refractivity contribution in [2.24, 2.45) is 34.3 Å². The van der Waals surface area contributed by atoms with Gasteiger partial charge in [0, 0.05) is 24.5 Å². The summed E-state index contributed by atoms with van der Waals surface area (Å²) in [5.74, 6) is 0.732. The van der Waals surface area contributed by atoms with Crippen molar-refractivity contribution in [2.75, 3.05) is 20.8 Å². The van der Waals surface area contributed by atoms with Crippen LogP contribution in [0, 0.1) is 28.6 Å². The van der Waals surface area contributed by atoms with Gasteiger partial charge in [0.15, 0.2) is 0 Å². The zero-order valence-electron chi connectivity index (χ0n) is 27.3. The largest absolute Gasteiger partial charge is 0.431 e. The van der Waals surface area contributed by atoms with Gasteiger partial charge in [-0.2, -0.15) is 5.06 Å². The summed E-state index contributed by atoms with van der Waals surface area (Å²) in [6.07, 6.45) is 10.8. The fourth-order valence-corrected chi connectivity index (χ4v) is 9.73. The van der Waals surface area contributed by atoms with Crippen LogP contribution in [0.25, 0.3) is 0 Å². The van der Waals surface area contributed by atoms with E-state index in [2.05, 4.69) is 19.9 Å². The maximum atomic E-state index is 12.5. The molecule has 0 radical (unpaired) electrons. The van der Waals surface area contributed by atoms with Gasteiger partial charge in [-0.25, -0.2) is 4.79 Å². The minimum Gasteiger partial charge on any atom is -0.431 e. The third-order valence-corrected chi connectivity index (χ3v) is 12.1. The molecule has 1 aromatic heterocycles. The van der Waals surface area contributed by atoms with Crippen LogP contribution < -0.4 is 11.4 Å². The maximum absolute atomic E-state index is 12.5. The molecule has 0 spiro atoms. The van der Waals surface area contributed by atoms with Crippen LogP contribution in [0.1, 0.15) is 97.5 Å². The molecule has 5 N–H and O–H groups in total. The predicted octanol–water partition coefficient (Wildman–Crippen LogP) is 4.35. The van der Waals surface area contributed by atoms with E-state index in [0.717, 1.165) is 64.0 Å². The van der Waals surface area contributed by atoms with Gasteiger partial charge in [-0.05, 0) is 86.2 Å². The molecular weight excluding hydrogens is 548 g/mol. The summed E-state index contributed by atoms with van der Waals surface area (Å²) in [4.78, 5) is 17.5. The van der Waals surface area contributed by atoms with Crippen molar-refractivity contribution in [3.05, 3.63) is 46.0 Å². The number of rotatable bonds is 4. The SMILES string of the molecule is CC.CO.CON(C1OC[C@H](N)[C@H](O)C1C)[C@@H]1C=C2CCC3C(CC[C@]4(C)[C@@H](c5ccc(=O)oc5)CC[C@]34O)[C@@]2(C)CC1. The van der Waals surface area contributed by atoms with E-state index in [1.165, 1.54) is 11.6 Å². The topological polar surface area (TPSA) is 139 Å². The van der Waals surface area contributed by atoms with E-state index in [-0.39, 0.29) is 52.5 Å². The summed E-state index contributed by atoms with van der Waals surface area (Å²) < 4.78 is 11.3. The van der Waals surface area contributed by atoms with E-state index in [1.54, 1.807) is 13.4 Å². The molecule has 0 bridgehead atoms. The highest BCUT2D eigenvalue weighted by Gasteiger charge is 2.66. The van der Waals surface area contributed by atoms with Crippen LogP contribution in [-0.4, -0.2) is 71.2 Å². The van der Waals surface area contributed by atoms with E-state index >= 15 is 0 Å². The molecule has 9 heteroatoms. The van der Waals surface area contributed by atoms with Crippen LogP contribution in [0.4, 0.5) is 0 Å². The lowest BCUT2D eigenvalue weighted by molar-refractivity contribution is -0.291. The summed E-state index contributed by atoms with van der Waals surface area (Å²) in [5.41, 5.74) is 7.33. The van der Waals surface area contributed by atoms with Gasteiger partial charge >= 0.3 is 5.63 Å². The number of nitrogens with two attached hydrogens (primary N) is 1. The number of hydrogen-bond donors (Lipinski definition) is 4. The highest BCUT2D eigenvalue weighted by atomic mass is 16.7. The molecule has 0 aromatic carbocycles. The van der Waals surface area contributed by atoms with Crippen LogP contribution in [0.3, 0.4) is 0 Å². The lowest BCUT2D eigenvalue weighted by Crippen LogP contribution is -2.61. The summed E-state index contributed by atoms with van der Waals surface area (Å²) in [6, 6.07) is 3.10. The van der Waals surface area contributed by atoms with Crippen molar-refractivity contribution in [1.29, 1.82) is 0 Å². The van der Waals surface area contributed by atoms with Crippen molar-refractivity contribution < 1.29 is 29.3 Å². The molecule has 43 heavy (non-hydrogen) atoms. The molecule has 6 rings (SSSR count). The summed E-state index contributed by atoms with van der Waals surface area (Å²) in [5, 5.41) is 32.0. The van der Waals surface area contributed by atoms with Crippen LogP contribution in [0.5, 0.6) is 0 Å². The fraction of sp³-hybridized carbons (Fsp3) is 0.794. The molecule has 5 aliphatic rings. The smallest absolute Gasteiger partial charge is 0.335 e. The third-order valence-electron chi connectivity index (χ3n) is 12.1. The van der Waals surface area contributed by atoms with Crippen LogP contribution in [0.15, 0.2) is 39.3 Å². The number of hydrogen-bond acceptors (Lipinski definition) is 9. The number of aliphatic hydroxyl groups excluding tert-OH is 2. The molecule has 1 aliphatic heterocycles. The Bertz CT molecular complexity index is 1150. The van der Waals surface area contributed by atoms with E-state index in [1.807, 2.05) is 31.9 Å². The van der Waals surface area contributed by atoms with Crippen molar-refractivity contribution in [1.82, 2.24) is 5.06 Å². The Labute approximate surface area is 257 Å². The number of fused-ring (bicyclic) bond motifs is 5. The Morgan fingerprint density at radius 1 is 1.05 bits per heavy atom. The van der Waals surface area contributed by atoms with Gasteiger partial charge in [-0.15, -0.1) is 0 Å². The Morgan fingerprint density at radius 3 is 2.42 bits per heavy atom. The Balaban J connectivity index is 0.00000102. The number of ether oxygens (including phenoxy) is 1. The molecule has 1 aromatic rings. The zero-order chi connectivity index (χ0) is 31.7. The van der Waals surface area contributed by atoms with Gasteiger partial charge in [-0.1, -0.05) is 46.3 Å². The Kier molecular flexibility index (Phi) is 10.7. The number of nitrogens with zero attached hydrogens (tertiary/aromatic N) is 1. The highest BCUT2D eigenvalue weighted by Crippen LogP contribution is 2.70. The minimum absolute atomic E-state index is 0.0500. The normalized spacial score (nSPS) is 43.6. The van der Waals surface area contributed by atoms with Gasteiger partial charge in [0.1, 0.15) is 6.23 Å². The molecule has 4 aliphatic carbocycles. The van der Waals surface area contributed by atoms with Crippen LogP contribution >= 0.6 is 0 Å². The van der Waals surface area contributed by atoms with Gasteiger partial charge in [0.2, 0.25) is 0 Å². The second kappa shape index (κ2) is 13.4. The lowest BCUT2D eigenvalue weighted by Gasteiger charge is -2.62. The molecule has 3 saturated carbocycles. The van der Waals surface area contributed by atoms with E-state index in [0.29, 0.717) is 12.5 Å². The highest BCUT2D eigenvalue weighted by molar-refractivity contribution is 5.31. The standard InChI is InChI=1S/C31H46N2O6.C2H6.CH4O/c1-18-27(35)25(32)17-39-28(18)33(37-4)21-9-12-29(2)20(15-21)6-7-24-23(29)10-13-30(3)22(11-14-31(24,30)36)19-5-8-26(34)38-16-19;2*1-2/h5,8,15-16,18,21-25,27-28,35-36H,6-7,9-14,17,32H2,1-4H3;1-2H3;2H,1H3/t18?,21-,22+,23?,24?,25-,27+,28?,29-,30+,31-;;/m0../s1. The van der Waals surface area contributed by atoms with Gasteiger partial charge in [0.25, 0.3) is 0 Å². The molecule has 4 fully saturated rings. The van der Waals surface area contributed by atoms with Gasteiger partial charge in [-0.3, -0.25) is 4.84 Å². The first-order valence-electron chi connectivity index (χ1n) is 16.4. The summed E-state index contributed by atoms with van der Waals surface area (Å²) in [7, 11) is 2.69. The van der Waals surface area contributed by atoms with Crippen molar-refractivity contribution in [3.63, 3.8) is 0 Å². The molecule has 1 saturated heterocycles. The number of hydroxylamine groups is 2. The lowest BCUT2D eigenvalue weighted by atomic mass is 9.45. The minimum atomic E-state index is -0.721. The fourth-order valence-electron chi connectivity index (χ4n) is 9.73. The first-order chi connectivity index (χ1) is 20.5. The monoisotopic (exact) mass is 604 g/mol. The van der Waals surface area contributed by atoms with Gasteiger partial charge < -0.3 is 30.2 Å². The van der Waals surface area contributed by atoms with Crippen LogP contribution in [0.2, 0.25) is 0 Å². The first kappa shape index (κ1) is 34.3. The molecular formula is C34H56N2O7. The average molecular weight is 605 g/mol. The number of aliphatic hydroxyl groups is 3. The van der Waals surface area contributed by atoms with Crippen LogP contribution in [-0.2, 0) is 9.57 Å².